The highest BCUT2D eigenvalue weighted by Gasteiger charge is 2.76. The van der Waals surface area contributed by atoms with E-state index in [1.54, 1.807) is 45.0 Å². The van der Waals surface area contributed by atoms with Crippen LogP contribution in [-0.2, 0) is 19.2 Å². The zero-order valence-corrected chi connectivity index (χ0v) is 25.4. The van der Waals surface area contributed by atoms with E-state index < -0.39 is 56.6 Å². The summed E-state index contributed by atoms with van der Waals surface area (Å²) in [5.41, 5.74) is 0.614. The maximum Gasteiger partial charge on any atom is 0.258 e. The van der Waals surface area contributed by atoms with Crippen molar-refractivity contribution < 1.29 is 33.4 Å². The van der Waals surface area contributed by atoms with Crippen molar-refractivity contribution in [3.63, 3.8) is 0 Å². The van der Waals surface area contributed by atoms with Crippen molar-refractivity contribution in [2.45, 2.75) is 54.8 Å². The van der Waals surface area contributed by atoms with Crippen LogP contribution in [0.4, 0.5) is 10.1 Å². The molecule has 2 saturated heterocycles. The maximum absolute atomic E-state index is 14.3. The lowest BCUT2D eigenvalue weighted by Gasteiger charge is -2.50. The van der Waals surface area contributed by atoms with Gasteiger partial charge in [0.25, 0.3) is 11.8 Å². The van der Waals surface area contributed by atoms with Crippen molar-refractivity contribution in [2.75, 3.05) is 18.1 Å². The van der Waals surface area contributed by atoms with Gasteiger partial charge in [0.1, 0.15) is 18.2 Å². The lowest BCUT2D eigenvalue weighted by atomic mass is 9.56. The molecule has 2 aliphatic carbocycles. The van der Waals surface area contributed by atoms with Gasteiger partial charge in [0.2, 0.25) is 11.8 Å². The topological polar surface area (TPSA) is 104 Å². The molecule has 1 saturated carbocycles. The number of ether oxygens (including phenoxy) is 1. The van der Waals surface area contributed by atoms with E-state index in [-0.39, 0.29) is 43.6 Å². The number of aliphatic hydroxyl groups excluding tert-OH is 1. The Balaban J connectivity index is 1.52. The number of likely N-dealkylation sites (tertiary alicyclic amines) is 1. The van der Waals surface area contributed by atoms with Crippen LogP contribution >= 0.6 is 23.2 Å². The molecule has 2 heterocycles. The maximum atomic E-state index is 14.3. The molecule has 2 aromatic rings. The number of benzene rings is 2. The molecule has 0 aromatic heterocycles. The highest BCUT2D eigenvalue weighted by molar-refractivity contribution is 6.58. The first-order valence-electron chi connectivity index (χ1n) is 14.2. The minimum atomic E-state index is -2.00. The quantitative estimate of drug-likeness (QED) is 0.296. The molecular weight excluding hydrogens is 598 g/mol. The Bertz CT molecular complexity index is 1550. The lowest BCUT2D eigenvalue weighted by Crippen LogP contribution is -2.60. The number of carbonyl (C=O) groups excluding carboxylic acids is 4. The second-order valence-corrected chi connectivity index (χ2v) is 13.8. The minimum absolute atomic E-state index is 0.0866. The second kappa shape index (κ2) is 10.1. The Labute approximate surface area is 258 Å². The molecule has 1 N–H and O–H groups in total. The number of aliphatic hydroxyl groups is 1. The van der Waals surface area contributed by atoms with Crippen molar-refractivity contribution in [3.8, 4) is 5.75 Å². The molecule has 0 bridgehead atoms. The van der Waals surface area contributed by atoms with Gasteiger partial charge >= 0.3 is 0 Å². The summed E-state index contributed by atoms with van der Waals surface area (Å²) in [6, 6.07) is 11.7. The molecule has 0 radical (unpaired) electrons. The van der Waals surface area contributed by atoms with E-state index >= 15 is 0 Å². The molecule has 6 rings (SSSR count). The monoisotopic (exact) mass is 628 g/mol. The van der Waals surface area contributed by atoms with Crippen LogP contribution in [0.2, 0.25) is 0 Å². The number of hydrogen-bond acceptors (Lipinski definition) is 6. The van der Waals surface area contributed by atoms with E-state index in [0.29, 0.717) is 16.9 Å². The number of hydrogen-bond donors (Lipinski definition) is 1. The average Bonchev–Trinajstić information content (AvgIpc) is 3.31. The standard InChI is InChI=1S/C32H31Cl2FN2O6/c1-30(2,3)37-26(39)22-13-12-21-23(24(22)27(37)40)16-31(33)28(41)36(19-8-6-18(35)7-9-19)29(42)32(31,34)25(21)17-4-10-20(11-5-17)43-15-14-38/h4-12,22-25,38H,13-16H2,1-3H3. The van der Waals surface area contributed by atoms with Crippen LogP contribution in [0, 0.1) is 23.6 Å². The Morgan fingerprint density at radius 1 is 0.953 bits per heavy atom. The molecule has 6 atom stereocenters. The van der Waals surface area contributed by atoms with Crippen molar-refractivity contribution in [1.82, 2.24) is 4.90 Å². The largest absolute Gasteiger partial charge is 0.491 e. The number of amides is 4. The van der Waals surface area contributed by atoms with Gasteiger partial charge in [-0.3, -0.25) is 24.1 Å². The van der Waals surface area contributed by atoms with E-state index in [4.69, 9.17) is 33.0 Å². The summed E-state index contributed by atoms with van der Waals surface area (Å²) in [6.45, 7) is 5.31. The summed E-state index contributed by atoms with van der Waals surface area (Å²) in [4.78, 5) is 54.3. The summed E-state index contributed by atoms with van der Waals surface area (Å²) in [5, 5.41) is 9.14. The van der Waals surface area contributed by atoms with Crippen molar-refractivity contribution in [1.29, 1.82) is 0 Å². The predicted octanol–water partition coefficient (Wildman–Crippen LogP) is 4.56. The molecule has 4 amide bonds. The zero-order valence-electron chi connectivity index (χ0n) is 23.9. The molecular formula is C32H31Cl2FN2O6. The molecule has 4 aliphatic rings. The van der Waals surface area contributed by atoms with Gasteiger partial charge in [-0.25, -0.2) is 9.29 Å². The van der Waals surface area contributed by atoms with E-state index in [1.807, 2.05) is 6.08 Å². The Morgan fingerprint density at radius 2 is 1.60 bits per heavy atom. The molecule has 43 heavy (non-hydrogen) atoms. The molecule has 8 nitrogen and oxygen atoms in total. The van der Waals surface area contributed by atoms with Crippen LogP contribution < -0.4 is 9.64 Å². The van der Waals surface area contributed by atoms with Gasteiger partial charge < -0.3 is 9.84 Å². The van der Waals surface area contributed by atoms with Gasteiger partial charge in [-0.1, -0.05) is 23.8 Å². The third-order valence-electron chi connectivity index (χ3n) is 9.14. The third kappa shape index (κ3) is 4.19. The van der Waals surface area contributed by atoms with Crippen molar-refractivity contribution in [3.05, 3.63) is 71.6 Å². The summed E-state index contributed by atoms with van der Waals surface area (Å²) in [6.07, 6.45) is 2.01. The van der Waals surface area contributed by atoms with Crippen LogP contribution in [-0.4, -0.2) is 62.1 Å². The van der Waals surface area contributed by atoms with Crippen LogP contribution in [0.1, 0.15) is 45.1 Å². The summed E-state index contributed by atoms with van der Waals surface area (Å²) in [5.74, 6) is -5.18. The number of halogens is 3. The number of anilines is 1. The number of allylic oxidation sites excluding steroid dienone is 2. The highest BCUT2D eigenvalue weighted by Crippen LogP contribution is 2.66. The average molecular weight is 630 g/mol. The van der Waals surface area contributed by atoms with E-state index in [2.05, 4.69) is 0 Å². The summed E-state index contributed by atoms with van der Waals surface area (Å²) < 4.78 is 19.3. The van der Waals surface area contributed by atoms with Gasteiger partial charge in [0.05, 0.1) is 24.1 Å². The fourth-order valence-electron chi connectivity index (χ4n) is 7.35. The number of imide groups is 2. The molecule has 3 fully saturated rings. The van der Waals surface area contributed by atoms with Gasteiger partial charge in [-0.05, 0) is 81.5 Å². The molecule has 226 valence electrons. The number of fused-ring (bicyclic) bond motifs is 4. The van der Waals surface area contributed by atoms with Crippen LogP contribution in [0.25, 0.3) is 0 Å². The zero-order chi connectivity index (χ0) is 31.1. The second-order valence-electron chi connectivity index (χ2n) is 12.6. The predicted molar refractivity (Wildman–Crippen MR) is 157 cm³/mol. The Morgan fingerprint density at radius 3 is 2.21 bits per heavy atom. The first kappa shape index (κ1) is 29.8. The Kier molecular flexibility index (Phi) is 7.03. The molecule has 11 heteroatoms. The molecule has 2 aromatic carbocycles. The van der Waals surface area contributed by atoms with E-state index in [9.17, 15) is 23.6 Å². The molecule has 6 unspecified atom stereocenters. The summed E-state index contributed by atoms with van der Waals surface area (Å²) in [7, 11) is 0. The van der Waals surface area contributed by atoms with Gasteiger partial charge in [-0.2, -0.15) is 0 Å². The van der Waals surface area contributed by atoms with Crippen LogP contribution in [0.3, 0.4) is 0 Å². The number of alkyl halides is 2. The van der Waals surface area contributed by atoms with E-state index in [0.717, 1.165) is 17.0 Å². The molecule has 2 aliphatic heterocycles. The molecule has 0 spiro atoms. The number of rotatable bonds is 5. The van der Waals surface area contributed by atoms with Crippen molar-refractivity contribution >= 4 is 52.5 Å². The van der Waals surface area contributed by atoms with Crippen molar-refractivity contribution in [2.24, 2.45) is 17.8 Å². The third-order valence-corrected chi connectivity index (χ3v) is 10.6. The first-order valence-corrected chi connectivity index (χ1v) is 14.9. The SMILES string of the molecule is CC(C)(C)N1C(=O)C2CC=C3C(CC4(Cl)C(=O)N(c5ccc(F)cc5)C(=O)C4(Cl)C3c3ccc(OCCO)cc3)C2C1=O. The van der Waals surface area contributed by atoms with Gasteiger partial charge in [0.15, 0.2) is 9.75 Å². The van der Waals surface area contributed by atoms with Crippen LogP contribution in [0.15, 0.2) is 60.2 Å². The number of carbonyl (C=O) groups is 4. The fourth-order valence-corrected chi connectivity index (χ4v) is 8.29. The van der Waals surface area contributed by atoms with Gasteiger partial charge in [0, 0.05) is 11.5 Å². The van der Waals surface area contributed by atoms with E-state index in [1.165, 1.54) is 17.0 Å². The van der Waals surface area contributed by atoms with Crippen LogP contribution in [0.5, 0.6) is 5.75 Å². The highest BCUT2D eigenvalue weighted by atomic mass is 35.5. The number of nitrogens with zero attached hydrogens (tertiary/aromatic N) is 2. The Hall–Kier alpha value is -3.27. The fraction of sp³-hybridized carbons (Fsp3) is 0.438. The normalized spacial score (nSPS) is 32.0. The lowest BCUT2D eigenvalue weighted by molar-refractivity contribution is -0.145. The minimum Gasteiger partial charge on any atom is -0.491 e. The first-order chi connectivity index (χ1) is 20.3. The summed E-state index contributed by atoms with van der Waals surface area (Å²) >= 11 is 14.7. The van der Waals surface area contributed by atoms with Gasteiger partial charge in [-0.15, -0.1) is 23.2 Å². The smallest absolute Gasteiger partial charge is 0.258 e.